The normalized spacial score (nSPS) is 17.5. The summed E-state index contributed by atoms with van der Waals surface area (Å²) in [5, 5.41) is 12.1. The average Bonchev–Trinajstić information content (AvgIpc) is 3.53. The maximum Gasteiger partial charge on any atom is 0.302 e. The number of halogens is 1. The number of thiazole rings is 1. The summed E-state index contributed by atoms with van der Waals surface area (Å²) in [5.74, 6) is -0.294. The van der Waals surface area contributed by atoms with Gasteiger partial charge >= 0.3 is 5.91 Å². The molecule has 1 amide bonds. The lowest BCUT2D eigenvalue weighted by atomic mass is 9.99. The van der Waals surface area contributed by atoms with Crippen molar-refractivity contribution in [1.29, 1.82) is 0 Å². The summed E-state index contributed by atoms with van der Waals surface area (Å²) in [4.78, 5) is 32.4. The number of carbonyl (C=O) groups excluding carboxylic acids is 2. The van der Waals surface area contributed by atoms with Gasteiger partial charge in [-0.3, -0.25) is 14.5 Å². The summed E-state index contributed by atoms with van der Waals surface area (Å²) in [7, 11) is 0. The van der Waals surface area contributed by atoms with Crippen molar-refractivity contribution in [3.05, 3.63) is 82.3 Å². The molecule has 0 spiro atoms. The van der Waals surface area contributed by atoms with Gasteiger partial charge in [-0.25, -0.2) is 4.98 Å². The SMILES string of the molecule is CCCOc1ccc(C(O)=C2C(=O)C(=O)N(c3nc4ccc(Cl)cc4s3)C2c2ccc(C)o2)cc1. The molecule has 9 heteroatoms. The zero-order valence-corrected chi connectivity index (χ0v) is 20.5. The lowest BCUT2D eigenvalue weighted by Gasteiger charge is -2.20. The first-order chi connectivity index (χ1) is 16.9. The number of nitrogens with zero attached hydrogens (tertiary/aromatic N) is 2. The Morgan fingerprint density at radius 3 is 2.63 bits per heavy atom. The van der Waals surface area contributed by atoms with Gasteiger partial charge in [-0.1, -0.05) is 29.9 Å². The van der Waals surface area contributed by atoms with Crippen LogP contribution in [0.1, 0.15) is 36.5 Å². The van der Waals surface area contributed by atoms with E-state index < -0.39 is 17.7 Å². The second-order valence-electron chi connectivity index (χ2n) is 8.10. The minimum absolute atomic E-state index is 0.0659. The molecule has 1 aliphatic rings. The quantitative estimate of drug-likeness (QED) is 0.187. The van der Waals surface area contributed by atoms with Crippen LogP contribution in [0, 0.1) is 6.92 Å². The number of aryl methyl sites for hydroxylation is 1. The van der Waals surface area contributed by atoms with Crippen molar-refractivity contribution >= 4 is 55.7 Å². The molecular formula is C26H21ClN2O5S. The summed E-state index contributed by atoms with van der Waals surface area (Å²) in [6.07, 6.45) is 0.867. The molecule has 1 fully saturated rings. The number of benzene rings is 2. The summed E-state index contributed by atoms with van der Waals surface area (Å²) in [5.41, 5.74) is 0.966. The Balaban J connectivity index is 1.63. The molecule has 3 heterocycles. The number of rotatable bonds is 6. The summed E-state index contributed by atoms with van der Waals surface area (Å²) in [6, 6.07) is 14.4. The molecule has 7 nitrogen and oxygen atoms in total. The number of fused-ring (bicyclic) bond motifs is 1. The number of furan rings is 1. The highest BCUT2D eigenvalue weighted by Crippen LogP contribution is 2.45. The van der Waals surface area contributed by atoms with Gasteiger partial charge in [0.1, 0.15) is 29.1 Å². The Labute approximate surface area is 210 Å². The van der Waals surface area contributed by atoms with Gasteiger partial charge in [-0.2, -0.15) is 0 Å². The lowest BCUT2D eigenvalue weighted by Crippen LogP contribution is -2.29. The van der Waals surface area contributed by atoms with E-state index in [0.29, 0.717) is 45.1 Å². The highest BCUT2D eigenvalue weighted by molar-refractivity contribution is 7.22. The number of carbonyl (C=O) groups is 2. The van der Waals surface area contributed by atoms with Gasteiger partial charge in [0.25, 0.3) is 5.78 Å². The fraction of sp³-hybridized carbons (Fsp3) is 0.192. The van der Waals surface area contributed by atoms with E-state index in [9.17, 15) is 14.7 Å². The third kappa shape index (κ3) is 4.19. The number of aliphatic hydroxyl groups is 1. The smallest absolute Gasteiger partial charge is 0.302 e. The molecule has 1 aliphatic heterocycles. The molecule has 35 heavy (non-hydrogen) atoms. The molecule has 1 N–H and O–H groups in total. The second kappa shape index (κ2) is 9.20. The van der Waals surface area contributed by atoms with Gasteiger partial charge in [0, 0.05) is 10.6 Å². The summed E-state index contributed by atoms with van der Waals surface area (Å²) < 4.78 is 12.2. The molecule has 1 saturated heterocycles. The Morgan fingerprint density at radius 1 is 1.17 bits per heavy atom. The number of hydrogen-bond donors (Lipinski definition) is 1. The first kappa shape index (κ1) is 23.1. The maximum absolute atomic E-state index is 13.3. The predicted octanol–water partition coefficient (Wildman–Crippen LogP) is 6.27. The first-order valence-electron chi connectivity index (χ1n) is 11.0. The topological polar surface area (TPSA) is 92.9 Å². The van der Waals surface area contributed by atoms with Gasteiger partial charge in [-0.05, 0) is 67.9 Å². The van der Waals surface area contributed by atoms with Crippen molar-refractivity contribution in [2.75, 3.05) is 11.5 Å². The van der Waals surface area contributed by atoms with Crippen LogP contribution in [-0.2, 0) is 9.59 Å². The van der Waals surface area contributed by atoms with Crippen LogP contribution in [0.25, 0.3) is 16.0 Å². The molecule has 2 aromatic heterocycles. The first-order valence-corrected chi connectivity index (χ1v) is 12.2. The Bertz CT molecular complexity index is 1470. The van der Waals surface area contributed by atoms with Crippen LogP contribution in [-0.4, -0.2) is 28.4 Å². The standard InChI is InChI=1S/C26H21ClN2O5S/c1-3-12-33-17-8-5-15(6-9-17)23(30)21-22(19-11-4-14(2)34-19)29(25(32)24(21)31)26-28-18-10-7-16(27)13-20(18)35-26/h4-11,13,22,30H,3,12H2,1-2H3. The minimum Gasteiger partial charge on any atom is -0.507 e. The molecule has 1 unspecified atom stereocenters. The molecule has 0 bridgehead atoms. The van der Waals surface area contributed by atoms with E-state index in [1.807, 2.05) is 6.92 Å². The molecule has 178 valence electrons. The van der Waals surface area contributed by atoms with Crippen LogP contribution in [0.2, 0.25) is 5.02 Å². The second-order valence-corrected chi connectivity index (χ2v) is 9.54. The Kier molecular flexibility index (Phi) is 6.08. The molecule has 0 saturated carbocycles. The lowest BCUT2D eigenvalue weighted by molar-refractivity contribution is -0.132. The van der Waals surface area contributed by atoms with Crippen molar-refractivity contribution in [3.8, 4) is 5.75 Å². The van der Waals surface area contributed by atoms with Crippen LogP contribution in [0.15, 0.2) is 64.6 Å². The Hall–Kier alpha value is -3.62. The predicted molar refractivity (Wildman–Crippen MR) is 135 cm³/mol. The van der Waals surface area contributed by atoms with Crippen molar-refractivity contribution in [2.45, 2.75) is 26.3 Å². The van der Waals surface area contributed by atoms with Crippen LogP contribution < -0.4 is 9.64 Å². The van der Waals surface area contributed by atoms with Gasteiger partial charge in [0.15, 0.2) is 5.13 Å². The average molecular weight is 509 g/mol. The van der Waals surface area contributed by atoms with Crippen LogP contribution in [0.3, 0.4) is 0 Å². The number of aliphatic hydroxyl groups excluding tert-OH is 1. The zero-order chi connectivity index (χ0) is 24.7. The monoisotopic (exact) mass is 508 g/mol. The molecule has 0 radical (unpaired) electrons. The number of aromatic nitrogens is 1. The molecule has 1 atom stereocenters. The highest BCUT2D eigenvalue weighted by atomic mass is 35.5. The van der Waals surface area contributed by atoms with Crippen LogP contribution in [0.4, 0.5) is 5.13 Å². The van der Waals surface area contributed by atoms with E-state index in [0.717, 1.165) is 11.1 Å². The van der Waals surface area contributed by atoms with Crippen molar-refractivity contribution in [1.82, 2.24) is 4.98 Å². The number of ether oxygens (including phenoxy) is 1. The van der Waals surface area contributed by atoms with E-state index in [1.54, 1.807) is 61.5 Å². The Morgan fingerprint density at radius 2 is 1.94 bits per heavy atom. The molecule has 4 aromatic rings. The van der Waals surface area contributed by atoms with Crippen molar-refractivity contribution < 1.29 is 23.8 Å². The van der Waals surface area contributed by atoms with E-state index in [1.165, 1.54) is 16.2 Å². The van der Waals surface area contributed by atoms with Crippen molar-refractivity contribution in [3.63, 3.8) is 0 Å². The van der Waals surface area contributed by atoms with E-state index in [2.05, 4.69) is 4.98 Å². The third-order valence-electron chi connectivity index (χ3n) is 5.62. The van der Waals surface area contributed by atoms with Crippen LogP contribution >= 0.6 is 22.9 Å². The summed E-state index contributed by atoms with van der Waals surface area (Å²) >= 11 is 7.35. The molecule has 2 aromatic carbocycles. The molecule has 0 aliphatic carbocycles. The van der Waals surface area contributed by atoms with Gasteiger partial charge in [0.2, 0.25) is 0 Å². The molecule has 5 rings (SSSR count). The van der Waals surface area contributed by atoms with Gasteiger partial charge in [-0.15, -0.1) is 0 Å². The maximum atomic E-state index is 13.3. The number of Topliss-reactive ketones (excluding diaryl/α,β-unsaturated/α-hetero) is 1. The highest BCUT2D eigenvalue weighted by Gasteiger charge is 2.49. The fourth-order valence-electron chi connectivity index (χ4n) is 3.97. The van der Waals surface area contributed by atoms with E-state index in [4.69, 9.17) is 20.8 Å². The number of amides is 1. The fourth-order valence-corrected chi connectivity index (χ4v) is 5.24. The largest absolute Gasteiger partial charge is 0.507 e. The third-order valence-corrected chi connectivity index (χ3v) is 6.87. The number of hydrogen-bond acceptors (Lipinski definition) is 7. The number of ketones is 1. The van der Waals surface area contributed by atoms with E-state index >= 15 is 0 Å². The number of anilines is 1. The summed E-state index contributed by atoms with van der Waals surface area (Å²) in [6.45, 7) is 4.35. The van der Waals surface area contributed by atoms with Gasteiger partial charge < -0.3 is 14.3 Å². The van der Waals surface area contributed by atoms with Gasteiger partial charge in [0.05, 0.1) is 22.4 Å². The van der Waals surface area contributed by atoms with Crippen molar-refractivity contribution in [2.24, 2.45) is 0 Å². The van der Waals surface area contributed by atoms with Crippen LogP contribution in [0.5, 0.6) is 5.75 Å². The van der Waals surface area contributed by atoms with E-state index in [-0.39, 0.29) is 11.3 Å². The minimum atomic E-state index is -0.976. The molecular weight excluding hydrogens is 488 g/mol. The zero-order valence-electron chi connectivity index (χ0n) is 18.9.